The van der Waals surface area contributed by atoms with Gasteiger partial charge in [-0.05, 0) is 31.7 Å². The summed E-state index contributed by atoms with van der Waals surface area (Å²) >= 11 is 0. The van der Waals surface area contributed by atoms with E-state index in [2.05, 4.69) is 4.98 Å². The van der Waals surface area contributed by atoms with E-state index in [9.17, 15) is 9.59 Å². The van der Waals surface area contributed by atoms with Crippen LogP contribution in [0.3, 0.4) is 0 Å². The highest BCUT2D eigenvalue weighted by Crippen LogP contribution is 2.33. The molecule has 1 saturated carbocycles. The van der Waals surface area contributed by atoms with Gasteiger partial charge >= 0.3 is 5.76 Å². The number of carbonyl (C=O) groups is 1. The molecular formula is C18H20N4O4. The van der Waals surface area contributed by atoms with E-state index < -0.39 is 11.7 Å². The lowest BCUT2D eigenvalue weighted by molar-refractivity contribution is 0.0580. The van der Waals surface area contributed by atoms with Crippen LogP contribution in [0.15, 0.2) is 40.1 Å². The second kappa shape index (κ2) is 6.45. The molecule has 0 unspecified atom stereocenters. The van der Waals surface area contributed by atoms with Crippen LogP contribution in [0.5, 0.6) is 0 Å². The maximum Gasteiger partial charge on any atom is 0.420 e. The minimum absolute atomic E-state index is 0.0349. The van der Waals surface area contributed by atoms with Crippen LogP contribution in [-0.2, 0) is 4.74 Å². The van der Waals surface area contributed by atoms with Crippen LogP contribution in [-0.4, -0.2) is 33.2 Å². The molecule has 0 bridgehead atoms. The number of primary amides is 1. The molecule has 2 heterocycles. The highest BCUT2D eigenvalue weighted by Gasteiger charge is 2.28. The maximum atomic E-state index is 12.6. The van der Waals surface area contributed by atoms with E-state index >= 15 is 0 Å². The largest absolute Gasteiger partial charge is 0.420 e. The summed E-state index contributed by atoms with van der Waals surface area (Å²) in [7, 11) is 1.70. The number of amides is 1. The number of ether oxygens (including phenoxy) is 1. The molecule has 0 spiro atoms. The fourth-order valence-electron chi connectivity index (χ4n) is 3.77. The Morgan fingerprint density at radius 2 is 2.08 bits per heavy atom. The van der Waals surface area contributed by atoms with E-state index in [1.54, 1.807) is 47.1 Å². The summed E-state index contributed by atoms with van der Waals surface area (Å²) in [6.07, 6.45) is 8.48. The van der Waals surface area contributed by atoms with Gasteiger partial charge in [0.05, 0.1) is 23.7 Å². The summed E-state index contributed by atoms with van der Waals surface area (Å²) in [5.41, 5.74) is 7.36. The molecule has 1 aliphatic carbocycles. The molecule has 4 rings (SSSR count). The Kier molecular flexibility index (Phi) is 4.12. The Hall–Kier alpha value is -2.87. The summed E-state index contributed by atoms with van der Waals surface area (Å²) in [6, 6.07) is 3.35. The van der Waals surface area contributed by atoms with Gasteiger partial charge in [-0.25, -0.2) is 9.78 Å². The van der Waals surface area contributed by atoms with Crippen molar-refractivity contribution in [2.45, 2.75) is 37.8 Å². The fourth-order valence-corrected chi connectivity index (χ4v) is 3.77. The smallest absolute Gasteiger partial charge is 0.408 e. The van der Waals surface area contributed by atoms with Crippen molar-refractivity contribution in [2.24, 2.45) is 5.73 Å². The van der Waals surface area contributed by atoms with E-state index in [4.69, 9.17) is 14.9 Å². The number of methoxy groups -OCH3 is 1. The number of nitrogens with two attached hydrogens (primary N) is 1. The van der Waals surface area contributed by atoms with Gasteiger partial charge in [0.2, 0.25) is 0 Å². The molecular weight excluding hydrogens is 336 g/mol. The van der Waals surface area contributed by atoms with Gasteiger partial charge in [-0.15, -0.1) is 0 Å². The number of hydrogen-bond acceptors (Lipinski definition) is 5. The molecule has 0 aliphatic heterocycles. The maximum absolute atomic E-state index is 12.6. The molecule has 0 atom stereocenters. The van der Waals surface area contributed by atoms with Crippen LogP contribution < -0.4 is 11.5 Å². The number of imidazole rings is 1. The summed E-state index contributed by atoms with van der Waals surface area (Å²) in [5.74, 6) is -1.07. The van der Waals surface area contributed by atoms with Crippen LogP contribution in [0.4, 0.5) is 0 Å². The number of aromatic nitrogens is 3. The lowest BCUT2D eigenvalue weighted by Gasteiger charge is -2.28. The van der Waals surface area contributed by atoms with Crippen molar-refractivity contribution in [2.75, 3.05) is 7.11 Å². The summed E-state index contributed by atoms with van der Waals surface area (Å²) in [4.78, 5) is 28.7. The fraction of sp³-hybridized carbons (Fsp3) is 0.389. The van der Waals surface area contributed by atoms with Crippen molar-refractivity contribution in [3.63, 3.8) is 0 Å². The van der Waals surface area contributed by atoms with Gasteiger partial charge < -0.3 is 19.5 Å². The SMILES string of the molecule is COC1CCC(n2c(=O)oc3cc(-n4ccnc4)cc(C(N)=O)c32)CC1. The van der Waals surface area contributed by atoms with Crippen molar-refractivity contribution in [3.05, 3.63) is 47.0 Å². The normalized spacial score (nSPS) is 20.5. The van der Waals surface area contributed by atoms with E-state index in [1.165, 1.54) is 0 Å². The first-order chi connectivity index (χ1) is 12.6. The monoisotopic (exact) mass is 356 g/mol. The van der Waals surface area contributed by atoms with E-state index in [-0.39, 0.29) is 17.7 Å². The molecule has 3 aromatic rings. The molecule has 8 heteroatoms. The minimum atomic E-state index is -0.600. The van der Waals surface area contributed by atoms with Crippen molar-refractivity contribution < 1.29 is 13.9 Å². The Bertz CT molecular complexity index is 994. The topological polar surface area (TPSA) is 105 Å². The zero-order valence-corrected chi connectivity index (χ0v) is 14.4. The molecule has 1 aromatic carbocycles. The third kappa shape index (κ3) is 2.72. The van der Waals surface area contributed by atoms with Crippen molar-refractivity contribution in [1.29, 1.82) is 0 Å². The number of carbonyl (C=O) groups excluding carboxylic acids is 1. The molecule has 136 valence electrons. The summed E-state index contributed by atoms with van der Waals surface area (Å²) in [6.45, 7) is 0. The summed E-state index contributed by atoms with van der Waals surface area (Å²) < 4.78 is 14.2. The number of fused-ring (bicyclic) bond motifs is 1. The first-order valence-corrected chi connectivity index (χ1v) is 8.58. The quantitative estimate of drug-likeness (QED) is 0.770. The average molecular weight is 356 g/mol. The first kappa shape index (κ1) is 16.6. The predicted molar refractivity (Wildman–Crippen MR) is 94.4 cm³/mol. The zero-order chi connectivity index (χ0) is 18.3. The van der Waals surface area contributed by atoms with Crippen LogP contribution in [0, 0.1) is 0 Å². The van der Waals surface area contributed by atoms with Crippen molar-refractivity contribution >= 4 is 17.0 Å². The highest BCUT2D eigenvalue weighted by molar-refractivity contribution is 6.04. The second-order valence-corrected chi connectivity index (χ2v) is 6.58. The van der Waals surface area contributed by atoms with Crippen LogP contribution in [0.25, 0.3) is 16.8 Å². The van der Waals surface area contributed by atoms with Crippen LogP contribution in [0.2, 0.25) is 0 Å². The number of rotatable bonds is 4. The Labute approximate surface area is 149 Å². The Balaban J connectivity index is 1.86. The standard InChI is InChI=1S/C18H20N4O4/c1-25-13-4-2-11(3-5-13)22-16-14(17(19)23)8-12(21-7-6-20-10-21)9-15(16)26-18(22)24/h6-11,13H,2-5H2,1H3,(H2,19,23). The molecule has 1 aliphatic rings. The molecule has 0 radical (unpaired) electrons. The Morgan fingerprint density at radius 1 is 1.31 bits per heavy atom. The highest BCUT2D eigenvalue weighted by atomic mass is 16.5. The van der Waals surface area contributed by atoms with Crippen LogP contribution in [0.1, 0.15) is 42.1 Å². The third-order valence-corrected chi connectivity index (χ3v) is 5.10. The number of oxazole rings is 1. The third-order valence-electron chi connectivity index (χ3n) is 5.10. The van der Waals surface area contributed by atoms with E-state index in [0.29, 0.717) is 16.8 Å². The van der Waals surface area contributed by atoms with Crippen molar-refractivity contribution in [3.8, 4) is 5.69 Å². The van der Waals surface area contributed by atoms with Gasteiger partial charge in [-0.3, -0.25) is 9.36 Å². The predicted octanol–water partition coefficient (Wildman–Crippen LogP) is 2.01. The minimum Gasteiger partial charge on any atom is -0.408 e. The lowest BCUT2D eigenvalue weighted by atomic mass is 9.92. The number of benzene rings is 1. The molecule has 1 fully saturated rings. The van der Waals surface area contributed by atoms with Gasteiger partial charge in [0.15, 0.2) is 5.58 Å². The second-order valence-electron chi connectivity index (χ2n) is 6.58. The average Bonchev–Trinajstić information content (AvgIpc) is 3.28. The molecule has 0 saturated heterocycles. The Morgan fingerprint density at radius 3 is 2.69 bits per heavy atom. The van der Waals surface area contributed by atoms with E-state index in [1.807, 2.05) is 0 Å². The molecule has 2 N–H and O–H groups in total. The van der Waals surface area contributed by atoms with Gasteiger partial charge in [0.1, 0.15) is 5.52 Å². The molecule has 26 heavy (non-hydrogen) atoms. The van der Waals surface area contributed by atoms with Crippen LogP contribution >= 0.6 is 0 Å². The summed E-state index contributed by atoms with van der Waals surface area (Å²) in [5, 5.41) is 0. The molecule has 2 aromatic heterocycles. The molecule has 8 nitrogen and oxygen atoms in total. The zero-order valence-electron chi connectivity index (χ0n) is 14.4. The van der Waals surface area contributed by atoms with Crippen molar-refractivity contribution in [1.82, 2.24) is 14.1 Å². The van der Waals surface area contributed by atoms with Gasteiger partial charge in [0, 0.05) is 31.6 Å². The lowest BCUT2D eigenvalue weighted by Crippen LogP contribution is -2.28. The van der Waals surface area contributed by atoms with Gasteiger partial charge in [-0.1, -0.05) is 0 Å². The number of hydrogen-bond donors (Lipinski definition) is 1. The first-order valence-electron chi connectivity index (χ1n) is 8.58. The molecule has 1 amide bonds. The van der Waals surface area contributed by atoms with Gasteiger partial charge in [0.25, 0.3) is 5.91 Å². The van der Waals surface area contributed by atoms with Gasteiger partial charge in [-0.2, -0.15) is 0 Å². The van der Waals surface area contributed by atoms with E-state index in [0.717, 1.165) is 25.7 Å². The number of nitrogens with zero attached hydrogens (tertiary/aromatic N) is 3.